The average molecular weight is 359 g/mol. The second-order valence-electron chi connectivity index (χ2n) is 7.70. The SMILES string of the molecule is Cc1ccc(C)c(Cn2c(-c3nnc(CC(C)C)o3)cc3ccccc32)c1. The van der Waals surface area contributed by atoms with Gasteiger partial charge in [0.2, 0.25) is 5.89 Å². The van der Waals surface area contributed by atoms with Crippen molar-refractivity contribution >= 4 is 10.9 Å². The molecule has 0 aliphatic heterocycles. The number of benzene rings is 2. The van der Waals surface area contributed by atoms with Gasteiger partial charge in [0.25, 0.3) is 5.89 Å². The lowest BCUT2D eigenvalue weighted by atomic mass is 10.1. The van der Waals surface area contributed by atoms with Gasteiger partial charge in [-0.05, 0) is 43.0 Å². The molecule has 0 atom stereocenters. The number of aromatic nitrogens is 3. The van der Waals surface area contributed by atoms with Crippen LogP contribution in [-0.4, -0.2) is 14.8 Å². The van der Waals surface area contributed by atoms with Crippen LogP contribution in [0.5, 0.6) is 0 Å². The Kier molecular flexibility index (Phi) is 4.56. The van der Waals surface area contributed by atoms with Gasteiger partial charge in [-0.2, -0.15) is 0 Å². The quantitative estimate of drug-likeness (QED) is 0.469. The molecule has 0 radical (unpaired) electrons. The molecule has 27 heavy (non-hydrogen) atoms. The van der Waals surface area contributed by atoms with Gasteiger partial charge < -0.3 is 8.98 Å². The first-order valence-corrected chi connectivity index (χ1v) is 9.48. The summed E-state index contributed by atoms with van der Waals surface area (Å²) >= 11 is 0. The fourth-order valence-corrected chi connectivity index (χ4v) is 3.49. The van der Waals surface area contributed by atoms with Crippen molar-refractivity contribution in [2.24, 2.45) is 5.92 Å². The zero-order chi connectivity index (χ0) is 19.0. The molecule has 0 saturated carbocycles. The van der Waals surface area contributed by atoms with E-state index in [2.05, 4.69) is 91.0 Å². The molecule has 2 heterocycles. The molecule has 0 fully saturated rings. The number of fused-ring (bicyclic) bond motifs is 1. The van der Waals surface area contributed by atoms with Crippen LogP contribution in [0, 0.1) is 19.8 Å². The van der Waals surface area contributed by atoms with E-state index in [-0.39, 0.29) is 0 Å². The van der Waals surface area contributed by atoms with Crippen LogP contribution in [0.1, 0.15) is 36.4 Å². The molecule has 0 unspecified atom stereocenters. The highest BCUT2D eigenvalue weighted by atomic mass is 16.4. The van der Waals surface area contributed by atoms with Crippen molar-refractivity contribution in [3.8, 4) is 11.6 Å². The first-order valence-electron chi connectivity index (χ1n) is 9.48. The molecule has 0 N–H and O–H groups in total. The van der Waals surface area contributed by atoms with Crippen molar-refractivity contribution in [3.05, 3.63) is 71.1 Å². The van der Waals surface area contributed by atoms with E-state index in [1.807, 2.05) is 0 Å². The minimum atomic E-state index is 0.485. The molecule has 0 aliphatic carbocycles. The third-order valence-electron chi connectivity index (χ3n) is 4.91. The molecule has 0 aliphatic rings. The molecule has 4 rings (SSSR count). The second kappa shape index (κ2) is 7.03. The van der Waals surface area contributed by atoms with Gasteiger partial charge in [-0.3, -0.25) is 0 Å². The van der Waals surface area contributed by atoms with Crippen LogP contribution in [0.15, 0.2) is 52.9 Å². The van der Waals surface area contributed by atoms with Crippen molar-refractivity contribution in [1.82, 2.24) is 14.8 Å². The highest BCUT2D eigenvalue weighted by Crippen LogP contribution is 2.29. The highest BCUT2D eigenvalue weighted by Gasteiger charge is 2.17. The summed E-state index contributed by atoms with van der Waals surface area (Å²) in [6.07, 6.45) is 0.796. The first kappa shape index (κ1) is 17.5. The lowest BCUT2D eigenvalue weighted by molar-refractivity contribution is 0.464. The number of nitrogens with zero attached hydrogens (tertiary/aromatic N) is 3. The largest absolute Gasteiger partial charge is 0.419 e. The van der Waals surface area contributed by atoms with Gasteiger partial charge in [0, 0.05) is 23.9 Å². The molecule has 4 heteroatoms. The van der Waals surface area contributed by atoms with Crippen molar-refractivity contribution in [2.75, 3.05) is 0 Å². The summed E-state index contributed by atoms with van der Waals surface area (Å²) in [5, 5.41) is 9.77. The van der Waals surface area contributed by atoms with Crippen molar-refractivity contribution in [2.45, 2.75) is 40.7 Å². The van der Waals surface area contributed by atoms with Crippen LogP contribution >= 0.6 is 0 Å². The molecule has 0 bridgehead atoms. The third kappa shape index (κ3) is 3.52. The molecule has 0 amide bonds. The van der Waals surface area contributed by atoms with E-state index in [4.69, 9.17) is 4.42 Å². The Hall–Kier alpha value is -2.88. The minimum Gasteiger partial charge on any atom is -0.419 e. The molecule has 4 aromatic rings. The summed E-state index contributed by atoms with van der Waals surface area (Å²) in [5.74, 6) is 1.77. The Bertz CT molecular complexity index is 1090. The summed E-state index contributed by atoms with van der Waals surface area (Å²) in [7, 11) is 0. The maximum absolute atomic E-state index is 6.00. The van der Waals surface area contributed by atoms with Crippen molar-refractivity contribution in [1.29, 1.82) is 0 Å². The van der Waals surface area contributed by atoms with E-state index in [0.29, 0.717) is 17.7 Å². The zero-order valence-electron chi connectivity index (χ0n) is 16.4. The summed E-state index contributed by atoms with van der Waals surface area (Å²) in [6.45, 7) is 9.38. The van der Waals surface area contributed by atoms with E-state index < -0.39 is 0 Å². The Morgan fingerprint density at radius 3 is 2.63 bits per heavy atom. The van der Waals surface area contributed by atoms with Crippen LogP contribution in [0.2, 0.25) is 0 Å². The molecule has 2 aromatic carbocycles. The zero-order valence-corrected chi connectivity index (χ0v) is 16.4. The second-order valence-corrected chi connectivity index (χ2v) is 7.70. The number of aryl methyl sites for hydroxylation is 2. The molecular weight excluding hydrogens is 334 g/mol. The lowest BCUT2D eigenvalue weighted by Crippen LogP contribution is -2.04. The predicted molar refractivity (Wildman–Crippen MR) is 109 cm³/mol. The summed E-state index contributed by atoms with van der Waals surface area (Å²) in [5.41, 5.74) is 6.01. The third-order valence-corrected chi connectivity index (χ3v) is 4.91. The monoisotopic (exact) mass is 359 g/mol. The normalized spacial score (nSPS) is 11.6. The van der Waals surface area contributed by atoms with E-state index in [9.17, 15) is 0 Å². The number of para-hydroxylation sites is 1. The lowest BCUT2D eigenvalue weighted by Gasteiger charge is -2.12. The Morgan fingerprint density at radius 2 is 1.81 bits per heavy atom. The first-order chi connectivity index (χ1) is 13.0. The molecule has 4 nitrogen and oxygen atoms in total. The van der Waals surface area contributed by atoms with E-state index in [0.717, 1.165) is 18.7 Å². The van der Waals surface area contributed by atoms with E-state index in [1.54, 1.807) is 0 Å². The predicted octanol–water partition coefficient (Wildman–Crippen LogP) is 5.55. The van der Waals surface area contributed by atoms with Crippen LogP contribution in [0.4, 0.5) is 0 Å². The van der Waals surface area contributed by atoms with Crippen LogP contribution in [0.25, 0.3) is 22.5 Å². The fourth-order valence-electron chi connectivity index (χ4n) is 3.49. The minimum absolute atomic E-state index is 0.485. The topological polar surface area (TPSA) is 43.9 Å². The number of rotatable bonds is 5. The summed E-state index contributed by atoms with van der Waals surface area (Å²) in [4.78, 5) is 0. The van der Waals surface area contributed by atoms with Gasteiger partial charge in [0.15, 0.2) is 0 Å². The van der Waals surface area contributed by atoms with E-state index in [1.165, 1.54) is 27.6 Å². The van der Waals surface area contributed by atoms with Gasteiger partial charge in [-0.1, -0.05) is 55.8 Å². The highest BCUT2D eigenvalue weighted by molar-refractivity contribution is 5.85. The standard InChI is InChI=1S/C23H25N3O/c1-15(2)11-22-24-25-23(27-22)21-13-18-7-5-6-8-20(18)26(21)14-19-12-16(3)9-10-17(19)4/h5-10,12-13,15H,11,14H2,1-4H3. The fraction of sp³-hybridized carbons (Fsp3) is 0.304. The molecule has 2 aromatic heterocycles. The van der Waals surface area contributed by atoms with Gasteiger partial charge in [-0.25, -0.2) is 0 Å². The van der Waals surface area contributed by atoms with Gasteiger partial charge in [0.1, 0.15) is 5.69 Å². The van der Waals surface area contributed by atoms with Crippen LogP contribution in [0.3, 0.4) is 0 Å². The van der Waals surface area contributed by atoms with E-state index >= 15 is 0 Å². The Morgan fingerprint density at radius 1 is 1.00 bits per heavy atom. The van der Waals surface area contributed by atoms with Gasteiger partial charge in [-0.15, -0.1) is 10.2 Å². The van der Waals surface area contributed by atoms with Crippen LogP contribution < -0.4 is 0 Å². The van der Waals surface area contributed by atoms with Gasteiger partial charge in [0.05, 0.1) is 0 Å². The summed E-state index contributed by atoms with van der Waals surface area (Å²) in [6, 6.07) is 17.2. The summed E-state index contributed by atoms with van der Waals surface area (Å²) < 4.78 is 8.28. The van der Waals surface area contributed by atoms with Crippen LogP contribution in [-0.2, 0) is 13.0 Å². The van der Waals surface area contributed by atoms with Crippen molar-refractivity contribution < 1.29 is 4.42 Å². The number of hydrogen-bond donors (Lipinski definition) is 0. The maximum Gasteiger partial charge on any atom is 0.264 e. The van der Waals surface area contributed by atoms with Gasteiger partial charge >= 0.3 is 0 Å². The molecule has 0 saturated heterocycles. The Labute approximate surface area is 159 Å². The number of hydrogen-bond acceptors (Lipinski definition) is 3. The Balaban J connectivity index is 1.82. The average Bonchev–Trinajstić information content (AvgIpc) is 3.22. The maximum atomic E-state index is 6.00. The molecular formula is C23H25N3O. The van der Waals surface area contributed by atoms with Crippen molar-refractivity contribution in [3.63, 3.8) is 0 Å². The molecule has 138 valence electrons. The molecule has 0 spiro atoms. The smallest absolute Gasteiger partial charge is 0.264 e.